The van der Waals surface area contributed by atoms with Crippen LogP contribution >= 0.6 is 12.2 Å². The lowest BCUT2D eigenvalue weighted by atomic mass is 10.2. The summed E-state index contributed by atoms with van der Waals surface area (Å²) in [6.45, 7) is 0.731. The standard InChI is InChI=1S/C13H13N3O2S/c14-13(19)10-3-1-4-11(9-10)18-8-7-16-12(17)5-2-6-15-16/h1-6,9H,7-8H2,(H2,14,19). The van der Waals surface area contributed by atoms with Crippen molar-refractivity contribution >= 4 is 17.2 Å². The number of aromatic nitrogens is 2. The summed E-state index contributed by atoms with van der Waals surface area (Å²) in [5, 5.41) is 3.94. The van der Waals surface area contributed by atoms with Crippen molar-refractivity contribution in [1.82, 2.24) is 9.78 Å². The van der Waals surface area contributed by atoms with E-state index in [1.165, 1.54) is 10.7 Å². The van der Waals surface area contributed by atoms with Crippen LogP contribution in [0.2, 0.25) is 0 Å². The smallest absolute Gasteiger partial charge is 0.266 e. The molecule has 0 saturated carbocycles. The molecular formula is C13H13N3O2S. The lowest BCUT2D eigenvalue weighted by Crippen LogP contribution is -2.24. The highest BCUT2D eigenvalue weighted by molar-refractivity contribution is 7.80. The van der Waals surface area contributed by atoms with Crippen LogP contribution in [0.1, 0.15) is 5.56 Å². The summed E-state index contributed by atoms with van der Waals surface area (Å²) in [5.41, 5.74) is 6.14. The molecule has 0 aliphatic rings. The molecule has 1 aromatic heterocycles. The Balaban J connectivity index is 1.96. The van der Waals surface area contributed by atoms with Gasteiger partial charge in [0, 0.05) is 17.8 Å². The second kappa shape index (κ2) is 6.10. The van der Waals surface area contributed by atoms with Gasteiger partial charge < -0.3 is 10.5 Å². The van der Waals surface area contributed by atoms with E-state index in [9.17, 15) is 4.79 Å². The number of benzene rings is 1. The number of ether oxygens (including phenoxy) is 1. The maximum Gasteiger partial charge on any atom is 0.266 e. The molecule has 0 spiro atoms. The maximum absolute atomic E-state index is 11.4. The molecule has 0 aliphatic carbocycles. The van der Waals surface area contributed by atoms with Crippen molar-refractivity contribution in [2.24, 2.45) is 5.73 Å². The van der Waals surface area contributed by atoms with Crippen LogP contribution in [-0.2, 0) is 6.54 Å². The molecule has 19 heavy (non-hydrogen) atoms. The molecule has 5 nitrogen and oxygen atoms in total. The van der Waals surface area contributed by atoms with E-state index in [2.05, 4.69) is 5.10 Å². The Bertz CT molecular complexity index is 640. The molecule has 98 valence electrons. The molecule has 1 heterocycles. The van der Waals surface area contributed by atoms with Crippen LogP contribution in [0.15, 0.2) is 47.4 Å². The summed E-state index contributed by atoms with van der Waals surface area (Å²) in [6, 6.07) is 10.3. The molecule has 0 amide bonds. The van der Waals surface area contributed by atoms with Crippen LogP contribution in [-0.4, -0.2) is 21.4 Å². The van der Waals surface area contributed by atoms with Gasteiger partial charge in [0.15, 0.2) is 0 Å². The molecule has 0 atom stereocenters. The first-order chi connectivity index (χ1) is 9.16. The van der Waals surface area contributed by atoms with Gasteiger partial charge in [-0.15, -0.1) is 0 Å². The summed E-state index contributed by atoms with van der Waals surface area (Å²) in [6.07, 6.45) is 1.56. The normalized spacial score (nSPS) is 10.1. The van der Waals surface area contributed by atoms with Gasteiger partial charge in [-0.1, -0.05) is 24.4 Å². The predicted octanol–water partition coefficient (Wildman–Crippen LogP) is 0.956. The number of hydrogen-bond acceptors (Lipinski definition) is 4. The largest absolute Gasteiger partial charge is 0.492 e. The zero-order valence-electron chi connectivity index (χ0n) is 10.2. The fourth-order valence-corrected chi connectivity index (χ4v) is 1.67. The molecule has 0 unspecified atom stereocenters. The second-order valence-corrected chi connectivity index (χ2v) is 4.27. The van der Waals surface area contributed by atoms with Crippen LogP contribution < -0.4 is 16.0 Å². The maximum atomic E-state index is 11.4. The van der Waals surface area contributed by atoms with E-state index in [1.54, 1.807) is 18.3 Å². The Morgan fingerprint density at radius 2 is 2.21 bits per heavy atom. The SMILES string of the molecule is NC(=S)c1cccc(OCCn2ncccc2=O)c1. The van der Waals surface area contributed by atoms with Gasteiger partial charge in [-0.2, -0.15) is 5.10 Å². The van der Waals surface area contributed by atoms with Gasteiger partial charge in [0.25, 0.3) is 5.56 Å². The van der Waals surface area contributed by atoms with E-state index >= 15 is 0 Å². The minimum atomic E-state index is -0.150. The minimum Gasteiger partial charge on any atom is -0.492 e. The topological polar surface area (TPSA) is 70.1 Å². The van der Waals surface area contributed by atoms with E-state index in [0.29, 0.717) is 23.9 Å². The van der Waals surface area contributed by atoms with Gasteiger partial charge in [0.2, 0.25) is 0 Å². The highest BCUT2D eigenvalue weighted by Crippen LogP contribution is 2.13. The van der Waals surface area contributed by atoms with Gasteiger partial charge in [-0.05, 0) is 18.2 Å². The van der Waals surface area contributed by atoms with Crippen LogP contribution in [0.25, 0.3) is 0 Å². The van der Waals surface area contributed by atoms with Crippen LogP contribution in [0.4, 0.5) is 0 Å². The lowest BCUT2D eigenvalue weighted by molar-refractivity contribution is 0.287. The molecule has 1 aromatic carbocycles. The van der Waals surface area contributed by atoms with Gasteiger partial charge in [0.05, 0.1) is 6.54 Å². The molecule has 2 rings (SSSR count). The first-order valence-corrected chi connectivity index (χ1v) is 6.12. The van der Waals surface area contributed by atoms with E-state index < -0.39 is 0 Å². The lowest BCUT2D eigenvalue weighted by Gasteiger charge is -2.08. The van der Waals surface area contributed by atoms with Crippen molar-refractivity contribution in [3.8, 4) is 5.75 Å². The molecule has 0 radical (unpaired) electrons. The first-order valence-electron chi connectivity index (χ1n) is 5.71. The van der Waals surface area contributed by atoms with E-state index in [1.807, 2.05) is 18.2 Å². The van der Waals surface area contributed by atoms with E-state index in [4.69, 9.17) is 22.7 Å². The van der Waals surface area contributed by atoms with Crippen molar-refractivity contribution in [2.75, 3.05) is 6.61 Å². The van der Waals surface area contributed by atoms with Crippen LogP contribution in [0, 0.1) is 0 Å². The van der Waals surface area contributed by atoms with E-state index in [0.717, 1.165) is 5.56 Å². The molecule has 0 fully saturated rings. The quantitative estimate of drug-likeness (QED) is 0.823. The molecule has 0 saturated heterocycles. The summed E-state index contributed by atoms with van der Waals surface area (Å²) in [5.74, 6) is 0.661. The number of rotatable bonds is 5. The molecule has 0 aliphatic heterocycles. The van der Waals surface area contributed by atoms with Crippen molar-refractivity contribution in [2.45, 2.75) is 6.54 Å². The summed E-state index contributed by atoms with van der Waals surface area (Å²) < 4.78 is 6.89. The molecule has 6 heteroatoms. The van der Waals surface area contributed by atoms with E-state index in [-0.39, 0.29) is 5.56 Å². The average Bonchev–Trinajstić information content (AvgIpc) is 2.41. The third-order valence-corrected chi connectivity index (χ3v) is 2.71. The third kappa shape index (κ3) is 3.62. The Morgan fingerprint density at radius 1 is 1.37 bits per heavy atom. The molecular weight excluding hydrogens is 262 g/mol. The number of thiocarbonyl (C=S) groups is 1. The molecule has 2 N–H and O–H groups in total. The Morgan fingerprint density at radius 3 is 2.95 bits per heavy atom. The number of nitrogens with zero attached hydrogens (tertiary/aromatic N) is 2. The Kier molecular flexibility index (Phi) is 4.25. The number of hydrogen-bond donors (Lipinski definition) is 1. The fraction of sp³-hybridized carbons (Fsp3) is 0.154. The Labute approximate surface area is 115 Å². The predicted molar refractivity (Wildman–Crippen MR) is 76.3 cm³/mol. The monoisotopic (exact) mass is 275 g/mol. The summed E-state index contributed by atoms with van der Waals surface area (Å²) in [4.78, 5) is 11.7. The summed E-state index contributed by atoms with van der Waals surface area (Å²) >= 11 is 4.89. The highest BCUT2D eigenvalue weighted by atomic mass is 32.1. The molecule has 2 aromatic rings. The third-order valence-electron chi connectivity index (χ3n) is 2.48. The minimum absolute atomic E-state index is 0.150. The van der Waals surface area contributed by atoms with Gasteiger partial charge in [0.1, 0.15) is 17.3 Å². The van der Waals surface area contributed by atoms with Crippen molar-refractivity contribution in [1.29, 1.82) is 0 Å². The summed E-state index contributed by atoms with van der Waals surface area (Å²) in [7, 11) is 0. The average molecular weight is 275 g/mol. The van der Waals surface area contributed by atoms with Crippen molar-refractivity contribution in [3.63, 3.8) is 0 Å². The number of nitrogens with two attached hydrogens (primary N) is 1. The first kappa shape index (κ1) is 13.2. The zero-order valence-corrected chi connectivity index (χ0v) is 11.0. The van der Waals surface area contributed by atoms with Gasteiger partial charge in [-0.25, -0.2) is 4.68 Å². The van der Waals surface area contributed by atoms with Crippen molar-refractivity contribution in [3.05, 3.63) is 58.5 Å². The zero-order chi connectivity index (χ0) is 13.7. The second-order valence-electron chi connectivity index (χ2n) is 3.83. The fourth-order valence-electron chi connectivity index (χ4n) is 1.54. The van der Waals surface area contributed by atoms with Crippen LogP contribution in [0.3, 0.4) is 0 Å². The van der Waals surface area contributed by atoms with Gasteiger partial charge >= 0.3 is 0 Å². The molecule has 0 bridgehead atoms. The van der Waals surface area contributed by atoms with Gasteiger partial charge in [-0.3, -0.25) is 4.79 Å². The Hall–Kier alpha value is -2.21. The highest BCUT2D eigenvalue weighted by Gasteiger charge is 2.00. The van der Waals surface area contributed by atoms with Crippen molar-refractivity contribution < 1.29 is 4.74 Å². The van der Waals surface area contributed by atoms with Crippen LogP contribution in [0.5, 0.6) is 5.75 Å².